The molecule has 2 heterocycles. The first-order valence-corrected chi connectivity index (χ1v) is 8.79. The normalized spacial score (nSPS) is 21.5. The summed E-state index contributed by atoms with van der Waals surface area (Å²) in [5.41, 5.74) is 1.92. The molecule has 0 aromatic heterocycles. The van der Waals surface area contributed by atoms with Crippen molar-refractivity contribution in [1.82, 2.24) is 15.1 Å². The van der Waals surface area contributed by atoms with E-state index in [2.05, 4.69) is 28.4 Å². The van der Waals surface area contributed by atoms with Gasteiger partial charge >= 0.3 is 0 Å². The second kappa shape index (κ2) is 6.55. The van der Waals surface area contributed by atoms with Crippen molar-refractivity contribution in [2.45, 2.75) is 51.2 Å². The number of hydrogen-bond donors (Lipinski definition) is 1. The van der Waals surface area contributed by atoms with E-state index < -0.39 is 5.54 Å². The van der Waals surface area contributed by atoms with Crippen LogP contribution in [0.15, 0.2) is 24.3 Å². The van der Waals surface area contributed by atoms with Gasteiger partial charge in [-0.2, -0.15) is 0 Å². The average Bonchev–Trinajstić information content (AvgIpc) is 3.10. The van der Waals surface area contributed by atoms with Crippen LogP contribution in [0.2, 0.25) is 0 Å². The van der Waals surface area contributed by atoms with Crippen LogP contribution in [0.1, 0.15) is 37.8 Å². The summed E-state index contributed by atoms with van der Waals surface area (Å²) in [7, 11) is 1.65. The fourth-order valence-electron chi connectivity index (χ4n) is 4.02. The first kappa shape index (κ1) is 17.0. The minimum absolute atomic E-state index is 0.0359. The van der Waals surface area contributed by atoms with E-state index in [0.717, 1.165) is 32.4 Å². The van der Waals surface area contributed by atoms with E-state index in [1.54, 1.807) is 7.05 Å². The van der Waals surface area contributed by atoms with E-state index in [1.807, 2.05) is 24.8 Å². The van der Waals surface area contributed by atoms with Crippen molar-refractivity contribution in [3.63, 3.8) is 0 Å². The fraction of sp³-hybridized carbons (Fsp3) is 0.579. The van der Waals surface area contributed by atoms with Crippen LogP contribution in [0.25, 0.3) is 0 Å². The van der Waals surface area contributed by atoms with E-state index in [-0.39, 0.29) is 17.9 Å². The molecule has 5 heteroatoms. The summed E-state index contributed by atoms with van der Waals surface area (Å²) in [6.45, 7) is 6.05. The van der Waals surface area contributed by atoms with Crippen molar-refractivity contribution in [2.24, 2.45) is 0 Å². The molecule has 1 fully saturated rings. The number of likely N-dealkylation sites (N-methyl/N-ethyl adjacent to an activating group) is 1. The van der Waals surface area contributed by atoms with Crippen LogP contribution >= 0.6 is 0 Å². The zero-order valence-electron chi connectivity index (χ0n) is 14.8. The third-order valence-electron chi connectivity index (χ3n) is 5.48. The molecule has 0 spiro atoms. The van der Waals surface area contributed by atoms with Crippen LogP contribution in [-0.4, -0.2) is 53.3 Å². The maximum atomic E-state index is 13.1. The van der Waals surface area contributed by atoms with Crippen molar-refractivity contribution in [1.29, 1.82) is 0 Å². The van der Waals surface area contributed by atoms with Crippen LogP contribution in [-0.2, 0) is 22.6 Å². The van der Waals surface area contributed by atoms with Crippen LogP contribution in [0.5, 0.6) is 0 Å². The lowest BCUT2D eigenvalue weighted by molar-refractivity contribution is -0.142. The predicted molar refractivity (Wildman–Crippen MR) is 93.4 cm³/mol. The molecule has 130 valence electrons. The van der Waals surface area contributed by atoms with Gasteiger partial charge in [0.25, 0.3) is 0 Å². The van der Waals surface area contributed by atoms with Gasteiger partial charge in [-0.25, -0.2) is 0 Å². The summed E-state index contributed by atoms with van der Waals surface area (Å²) in [4.78, 5) is 29.4. The maximum Gasteiger partial charge on any atom is 0.240 e. The SMILES string of the molecule is CNC(=O)C(C)(C)N1CCCC1C(=O)N1CCc2ccccc2C1. The van der Waals surface area contributed by atoms with Gasteiger partial charge in [-0.3, -0.25) is 14.5 Å². The minimum Gasteiger partial charge on any atom is -0.358 e. The Morgan fingerprint density at radius 1 is 1.17 bits per heavy atom. The summed E-state index contributed by atoms with van der Waals surface area (Å²) in [6.07, 6.45) is 2.70. The number of rotatable bonds is 3. The molecule has 0 radical (unpaired) electrons. The summed E-state index contributed by atoms with van der Waals surface area (Å²) in [5.74, 6) is 0.130. The van der Waals surface area contributed by atoms with Gasteiger partial charge in [-0.15, -0.1) is 0 Å². The molecular weight excluding hydrogens is 302 g/mol. The van der Waals surface area contributed by atoms with E-state index in [4.69, 9.17) is 0 Å². The second-order valence-electron chi connectivity index (χ2n) is 7.27. The smallest absolute Gasteiger partial charge is 0.240 e. The van der Waals surface area contributed by atoms with E-state index in [0.29, 0.717) is 6.54 Å². The summed E-state index contributed by atoms with van der Waals surface area (Å²) >= 11 is 0. The molecule has 1 unspecified atom stereocenters. The third kappa shape index (κ3) is 2.93. The number of likely N-dealkylation sites (tertiary alicyclic amines) is 1. The Hall–Kier alpha value is -1.88. The Morgan fingerprint density at radius 2 is 1.88 bits per heavy atom. The predicted octanol–water partition coefficient (Wildman–Crippen LogP) is 1.56. The first-order valence-electron chi connectivity index (χ1n) is 8.79. The molecule has 2 amide bonds. The van der Waals surface area contributed by atoms with Crippen molar-refractivity contribution >= 4 is 11.8 Å². The van der Waals surface area contributed by atoms with Crippen LogP contribution in [0, 0.1) is 0 Å². The number of amides is 2. The van der Waals surface area contributed by atoms with Gasteiger partial charge in [0, 0.05) is 26.7 Å². The van der Waals surface area contributed by atoms with Crippen molar-refractivity contribution in [3.8, 4) is 0 Å². The van der Waals surface area contributed by atoms with Crippen molar-refractivity contribution in [3.05, 3.63) is 35.4 Å². The summed E-state index contributed by atoms with van der Waals surface area (Å²) in [5, 5.41) is 2.73. The lowest BCUT2D eigenvalue weighted by Crippen LogP contribution is -2.59. The van der Waals surface area contributed by atoms with Crippen LogP contribution in [0.3, 0.4) is 0 Å². The highest BCUT2D eigenvalue weighted by molar-refractivity contribution is 5.88. The number of nitrogens with zero attached hydrogens (tertiary/aromatic N) is 2. The average molecular weight is 329 g/mol. The third-order valence-corrected chi connectivity index (χ3v) is 5.48. The van der Waals surface area contributed by atoms with Gasteiger partial charge in [0.15, 0.2) is 0 Å². The number of carbonyl (C=O) groups excluding carboxylic acids is 2. The van der Waals surface area contributed by atoms with Gasteiger partial charge in [0.1, 0.15) is 0 Å². The lowest BCUT2D eigenvalue weighted by Gasteiger charge is -2.40. The molecule has 24 heavy (non-hydrogen) atoms. The van der Waals surface area contributed by atoms with Gasteiger partial charge in [-0.05, 0) is 44.2 Å². The topological polar surface area (TPSA) is 52.7 Å². The first-order chi connectivity index (χ1) is 11.4. The Bertz CT molecular complexity index is 641. The molecule has 3 rings (SSSR count). The van der Waals surface area contributed by atoms with Gasteiger partial charge < -0.3 is 10.2 Å². The monoisotopic (exact) mass is 329 g/mol. The zero-order valence-corrected chi connectivity index (χ0v) is 14.8. The highest BCUT2D eigenvalue weighted by Gasteiger charge is 2.44. The Kier molecular flexibility index (Phi) is 4.63. The molecule has 1 saturated heterocycles. The molecule has 1 aromatic rings. The van der Waals surface area contributed by atoms with E-state index in [9.17, 15) is 9.59 Å². The standard InChI is InChI=1S/C19H27N3O2/c1-19(2,18(24)20-3)22-11-6-9-16(22)17(23)21-12-10-14-7-4-5-8-15(14)13-21/h4-5,7-8,16H,6,9-13H2,1-3H3,(H,20,24). The van der Waals surface area contributed by atoms with E-state index >= 15 is 0 Å². The molecule has 0 saturated carbocycles. The minimum atomic E-state index is -0.667. The molecular formula is C19H27N3O2. The highest BCUT2D eigenvalue weighted by atomic mass is 16.2. The Morgan fingerprint density at radius 3 is 2.58 bits per heavy atom. The number of fused-ring (bicyclic) bond motifs is 1. The Labute approximate surface area is 144 Å². The Balaban J connectivity index is 1.76. The number of benzene rings is 1. The largest absolute Gasteiger partial charge is 0.358 e. The maximum absolute atomic E-state index is 13.1. The molecule has 2 aliphatic rings. The van der Waals surface area contributed by atoms with E-state index in [1.165, 1.54) is 11.1 Å². The molecule has 0 bridgehead atoms. The van der Waals surface area contributed by atoms with Crippen LogP contribution < -0.4 is 5.32 Å². The summed E-state index contributed by atoms with van der Waals surface area (Å²) < 4.78 is 0. The van der Waals surface area contributed by atoms with Gasteiger partial charge in [0.2, 0.25) is 11.8 Å². The lowest BCUT2D eigenvalue weighted by atomic mass is 9.97. The molecule has 0 aliphatic carbocycles. The van der Waals surface area contributed by atoms with Crippen LogP contribution in [0.4, 0.5) is 0 Å². The molecule has 5 nitrogen and oxygen atoms in total. The van der Waals surface area contributed by atoms with Crippen molar-refractivity contribution < 1.29 is 9.59 Å². The van der Waals surface area contributed by atoms with Gasteiger partial charge in [-0.1, -0.05) is 24.3 Å². The molecule has 1 atom stereocenters. The quantitative estimate of drug-likeness (QED) is 0.916. The molecule has 2 aliphatic heterocycles. The number of nitrogens with one attached hydrogen (secondary N) is 1. The number of carbonyl (C=O) groups is 2. The highest BCUT2D eigenvalue weighted by Crippen LogP contribution is 2.29. The zero-order chi connectivity index (χ0) is 17.3. The molecule has 1 N–H and O–H groups in total. The molecule has 1 aromatic carbocycles. The second-order valence-corrected chi connectivity index (χ2v) is 7.27. The fourth-order valence-corrected chi connectivity index (χ4v) is 4.02. The summed E-state index contributed by atoms with van der Waals surface area (Å²) in [6, 6.07) is 8.15. The van der Waals surface area contributed by atoms with Gasteiger partial charge in [0.05, 0.1) is 11.6 Å². The number of hydrogen-bond acceptors (Lipinski definition) is 3. The van der Waals surface area contributed by atoms with Crippen molar-refractivity contribution in [2.75, 3.05) is 20.1 Å².